The Labute approximate surface area is 207 Å². The lowest BCUT2D eigenvalue weighted by Gasteiger charge is -2.17. The van der Waals surface area contributed by atoms with Crippen molar-refractivity contribution in [2.75, 3.05) is 19.5 Å². The molecule has 5 rings (SSSR count). The van der Waals surface area contributed by atoms with Crippen LogP contribution in [0.2, 0.25) is 0 Å². The zero-order valence-corrected chi connectivity index (χ0v) is 20.4. The highest BCUT2D eigenvalue weighted by molar-refractivity contribution is 8.00. The predicted octanol–water partition coefficient (Wildman–Crippen LogP) is 5.68. The number of aryl methyl sites for hydroxylation is 1. The number of benzene rings is 3. The summed E-state index contributed by atoms with van der Waals surface area (Å²) in [5, 5.41) is 13.0. The first-order chi connectivity index (χ1) is 17.1. The molecule has 8 heteroatoms. The maximum atomic E-state index is 13.5. The van der Waals surface area contributed by atoms with Gasteiger partial charge >= 0.3 is 0 Å². The molecule has 0 spiro atoms. The van der Waals surface area contributed by atoms with E-state index in [1.807, 2.05) is 84.1 Å². The number of anilines is 1. The van der Waals surface area contributed by atoms with E-state index in [2.05, 4.69) is 15.5 Å². The van der Waals surface area contributed by atoms with Gasteiger partial charge in [0.1, 0.15) is 16.7 Å². The minimum Gasteiger partial charge on any atom is -0.497 e. The largest absolute Gasteiger partial charge is 0.497 e. The van der Waals surface area contributed by atoms with E-state index in [0.29, 0.717) is 22.2 Å². The number of thioether (sulfide) groups is 1. The molecule has 0 fully saturated rings. The number of ether oxygens (including phenoxy) is 2. The Balaban J connectivity index is 1.57. The number of aromatic nitrogens is 3. The van der Waals surface area contributed by atoms with Crippen LogP contribution >= 0.6 is 11.8 Å². The van der Waals surface area contributed by atoms with Gasteiger partial charge in [0, 0.05) is 23.2 Å². The number of rotatable bonds is 7. The Morgan fingerprint density at radius 3 is 2.46 bits per heavy atom. The fourth-order valence-corrected chi connectivity index (χ4v) is 5.08. The van der Waals surface area contributed by atoms with Crippen LogP contribution in [0.5, 0.6) is 11.5 Å². The van der Waals surface area contributed by atoms with Gasteiger partial charge in [-0.3, -0.25) is 9.20 Å². The Hall–Kier alpha value is -4.04. The van der Waals surface area contributed by atoms with Gasteiger partial charge in [0.15, 0.2) is 10.8 Å². The summed E-state index contributed by atoms with van der Waals surface area (Å²) in [6, 6.07) is 24.9. The molecule has 1 N–H and O–H groups in total. The highest BCUT2D eigenvalue weighted by Crippen LogP contribution is 2.37. The molecule has 2 heterocycles. The molecule has 0 aliphatic rings. The van der Waals surface area contributed by atoms with Gasteiger partial charge in [0.2, 0.25) is 5.91 Å². The van der Waals surface area contributed by atoms with Crippen LogP contribution in [-0.2, 0) is 4.79 Å². The summed E-state index contributed by atoms with van der Waals surface area (Å²) < 4.78 is 12.7. The third-order valence-corrected chi connectivity index (χ3v) is 6.97. The minimum atomic E-state index is -0.559. The Morgan fingerprint density at radius 2 is 1.69 bits per heavy atom. The van der Waals surface area contributed by atoms with Gasteiger partial charge in [-0.15, -0.1) is 10.2 Å². The van der Waals surface area contributed by atoms with Crippen molar-refractivity contribution < 1.29 is 14.3 Å². The van der Waals surface area contributed by atoms with Gasteiger partial charge in [-0.25, -0.2) is 0 Å². The monoisotopic (exact) mass is 484 g/mol. The zero-order valence-electron chi connectivity index (χ0n) is 19.6. The van der Waals surface area contributed by atoms with Crippen molar-refractivity contribution >= 4 is 39.9 Å². The van der Waals surface area contributed by atoms with E-state index >= 15 is 0 Å². The minimum absolute atomic E-state index is 0.166. The standard InChI is InChI=1S/C27H24N4O3S/c1-17-14-24-29-30-27(31(24)23-16-21(34-3)12-13-22(17)23)35-25(18-8-5-4-6-9-18)26(32)28-19-10-7-11-20(15-19)33-2/h4-16,25H,1-3H3,(H,28,32). The van der Waals surface area contributed by atoms with Crippen LogP contribution in [-0.4, -0.2) is 34.7 Å². The molecule has 5 aromatic rings. The molecule has 176 valence electrons. The maximum Gasteiger partial charge on any atom is 0.242 e. The summed E-state index contributed by atoms with van der Waals surface area (Å²) in [5.41, 5.74) is 4.25. The van der Waals surface area contributed by atoms with Gasteiger partial charge in [-0.1, -0.05) is 48.2 Å². The number of hydrogen-bond acceptors (Lipinski definition) is 6. The van der Waals surface area contributed by atoms with Gasteiger partial charge in [-0.2, -0.15) is 0 Å². The van der Waals surface area contributed by atoms with Gasteiger partial charge < -0.3 is 14.8 Å². The molecule has 0 radical (unpaired) electrons. The van der Waals surface area contributed by atoms with Gasteiger partial charge in [0.25, 0.3) is 0 Å². The number of methoxy groups -OCH3 is 2. The third-order valence-electron chi connectivity index (χ3n) is 5.78. The summed E-state index contributed by atoms with van der Waals surface area (Å²) in [5.74, 6) is 1.25. The zero-order chi connectivity index (χ0) is 24.4. The first kappa shape index (κ1) is 22.7. The summed E-state index contributed by atoms with van der Waals surface area (Å²) in [4.78, 5) is 13.5. The smallest absolute Gasteiger partial charge is 0.242 e. The topological polar surface area (TPSA) is 77.8 Å². The number of amides is 1. The molecule has 0 bridgehead atoms. The van der Waals surface area contributed by atoms with Crippen LogP contribution in [0.4, 0.5) is 5.69 Å². The predicted molar refractivity (Wildman–Crippen MR) is 138 cm³/mol. The van der Waals surface area contributed by atoms with E-state index < -0.39 is 5.25 Å². The fourth-order valence-electron chi connectivity index (χ4n) is 4.02. The van der Waals surface area contributed by atoms with Crippen molar-refractivity contribution in [3.05, 3.63) is 90.0 Å². The van der Waals surface area contributed by atoms with E-state index in [-0.39, 0.29) is 5.91 Å². The number of nitrogens with zero attached hydrogens (tertiary/aromatic N) is 3. The lowest BCUT2D eigenvalue weighted by molar-refractivity contribution is -0.115. The maximum absolute atomic E-state index is 13.5. The average molecular weight is 485 g/mol. The van der Waals surface area contributed by atoms with Crippen LogP contribution in [0.1, 0.15) is 16.4 Å². The van der Waals surface area contributed by atoms with E-state index in [1.165, 1.54) is 11.8 Å². The van der Waals surface area contributed by atoms with Crippen LogP contribution in [0.15, 0.2) is 84.0 Å². The summed E-state index contributed by atoms with van der Waals surface area (Å²) in [6.07, 6.45) is 0. The Morgan fingerprint density at radius 1 is 0.914 bits per heavy atom. The van der Waals surface area contributed by atoms with E-state index in [1.54, 1.807) is 20.3 Å². The molecule has 0 aliphatic heterocycles. The summed E-state index contributed by atoms with van der Waals surface area (Å²) in [6.45, 7) is 2.05. The van der Waals surface area contributed by atoms with E-state index in [4.69, 9.17) is 9.47 Å². The number of pyridine rings is 1. The number of hydrogen-bond donors (Lipinski definition) is 1. The second kappa shape index (κ2) is 9.68. The molecule has 0 saturated carbocycles. The first-order valence-corrected chi connectivity index (χ1v) is 11.9. The highest BCUT2D eigenvalue weighted by atomic mass is 32.2. The Kier molecular flexibility index (Phi) is 6.29. The van der Waals surface area contributed by atoms with Crippen molar-refractivity contribution in [3.8, 4) is 11.5 Å². The molecule has 1 amide bonds. The third kappa shape index (κ3) is 4.52. The molecule has 2 aromatic heterocycles. The average Bonchev–Trinajstić information content (AvgIpc) is 3.30. The summed E-state index contributed by atoms with van der Waals surface area (Å²) in [7, 11) is 3.24. The molecule has 3 aromatic carbocycles. The van der Waals surface area contributed by atoms with Crippen LogP contribution in [0.3, 0.4) is 0 Å². The second-order valence-electron chi connectivity index (χ2n) is 8.02. The first-order valence-electron chi connectivity index (χ1n) is 11.1. The fraction of sp³-hybridized carbons (Fsp3) is 0.148. The highest BCUT2D eigenvalue weighted by Gasteiger charge is 2.25. The van der Waals surface area contributed by atoms with Crippen molar-refractivity contribution in [2.24, 2.45) is 0 Å². The van der Waals surface area contributed by atoms with E-state index in [0.717, 1.165) is 27.8 Å². The molecule has 1 unspecified atom stereocenters. The van der Waals surface area contributed by atoms with E-state index in [9.17, 15) is 4.79 Å². The van der Waals surface area contributed by atoms with Crippen molar-refractivity contribution in [1.82, 2.24) is 14.6 Å². The molecule has 0 aliphatic carbocycles. The van der Waals surface area contributed by atoms with Crippen LogP contribution < -0.4 is 14.8 Å². The van der Waals surface area contributed by atoms with Crippen molar-refractivity contribution in [1.29, 1.82) is 0 Å². The lowest BCUT2D eigenvalue weighted by atomic mass is 10.1. The van der Waals surface area contributed by atoms with Crippen molar-refractivity contribution in [3.63, 3.8) is 0 Å². The molecular formula is C27H24N4O3S. The molecule has 0 saturated heterocycles. The number of carbonyl (C=O) groups excluding carboxylic acids is 1. The van der Waals surface area contributed by atoms with Crippen LogP contribution in [0.25, 0.3) is 16.6 Å². The van der Waals surface area contributed by atoms with Gasteiger partial charge in [-0.05, 0) is 48.4 Å². The number of carbonyl (C=O) groups is 1. The Bertz CT molecular complexity index is 1520. The van der Waals surface area contributed by atoms with Gasteiger partial charge in [0.05, 0.1) is 19.7 Å². The quantitative estimate of drug-likeness (QED) is 0.300. The number of nitrogens with one attached hydrogen (secondary N) is 1. The second-order valence-corrected chi connectivity index (χ2v) is 9.09. The SMILES string of the molecule is COc1cccc(NC(=O)C(Sc2nnc3cc(C)c4ccc(OC)cc4n23)c2ccccc2)c1. The molecule has 7 nitrogen and oxygen atoms in total. The number of fused-ring (bicyclic) bond motifs is 3. The molecule has 1 atom stereocenters. The lowest BCUT2D eigenvalue weighted by Crippen LogP contribution is -2.19. The molecular weight excluding hydrogens is 460 g/mol. The van der Waals surface area contributed by atoms with Crippen molar-refractivity contribution in [2.45, 2.75) is 17.3 Å². The molecule has 35 heavy (non-hydrogen) atoms. The van der Waals surface area contributed by atoms with Crippen LogP contribution in [0, 0.1) is 6.92 Å². The summed E-state index contributed by atoms with van der Waals surface area (Å²) >= 11 is 1.35. The normalized spacial score (nSPS) is 12.0.